The molecule has 0 aliphatic carbocycles. The molecule has 0 saturated carbocycles. The van der Waals surface area contributed by atoms with E-state index in [4.69, 9.17) is 10.5 Å². The predicted octanol–water partition coefficient (Wildman–Crippen LogP) is 2.72. The van der Waals surface area contributed by atoms with E-state index in [0.717, 1.165) is 0 Å². The summed E-state index contributed by atoms with van der Waals surface area (Å²) in [7, 11) is -3.86. The molecule has 0 spiro atoms. The van der Waals surface area contributed by atoms with Gasteiger partial charge >= 0.3 is 0 Å². The van der Waals surface area contributed by atoms with Crippen molar-refractivity contribution in [2.45, 2.75) is 11.8 Å². The summed E-state index contributed by atoms with van der Waals surface area (Å²) in [5, 5.41) is 21.1. The third-order valence-corrected chi connectivity index (χ3v) is 5.25. The highest BCUT2D eigenvalue weighted by atomic mass is 32.2. The Morgan fingerprint density at radius 1 is 1.08 bits per heavy atom. The third kappa shape index (κ3) is 3.94. The fraction of sp³-hybridized carbons (Fsp3) is 0.118. The lowest BCUT2D eigenvalue weighted by Crippen LogP contribution is -2.31. The number of hydrazone groups is 1. The summed E-state index contributed by atoms with van der Waals surface area (Å²) in [5.41, 5.74) is 2.81. The largest absolute Gasteiger partial charge is 0.275 e. The average Bonchev–Trinajstić information content (AvgIpc) is 2.64. The lowest BCUT2D eigenvalue weighted by Gasteiger charge is -2.24. The number of nitriles is 2. The second-order valence-corrected chi connectivity index (χ2v) is 6.63. The molecule has 2 aromatic rings. The SMILES string of the molecule is CCN(c1ccccc1)S(=O)(=O)c1ccccc1NN=C(C#N)C#N. The van der Waals surface area contributed by atoms with Gasteiger partial charge in [0.25, 0.3) is 10.0 Å². The Hall–Kier alpha value is -3.36. The summed E-state index contributed by atoms with van der Waals surface area (Å²) < 4.78 is 27.4. The van der Waals surface area contributed by atoms with Gasteiger partial charge in [-0.2, -0.15) is 15.6 Å². The molecule has 0 radical (unpaired) electrons. The van der Waals surface area contributed by atoms with Crippen LogP contribution in [-0.4, -0.2) is 20.7 Å². The number of hydrogen-bond acceptors (Lipinski definition) is 6. The zero-order valence-electron chi connectivity index (χ0n) is 13.4. The summed E-state index contributed by atoms with van der Waals surface area (Å²) in [6, 6.07) is 18.1. The highest BCUT2D eigenvalue weighted by molar-refractivity contribution is 7.93. The van der Waals surface area contributed by atoms with E-state index in [1.807, 2.05) is 0 Å². The number of nitrogens with zero attached hydrogens (tertiary/aromatic N) is 4. The molecular weight excluding hydrogens is 338 g/mol. The van der Waals surface area contributed by atoms with Crippen molar-refractivity contribution in [3.8, 4) is 12.1 Å². The zero-order chi connectivity index (χ0) is 18.3. The van der Waals surface area contributed by atoms with Crippen molar-refractivity contribution in [1.82, 2.24) is 0 Å². The number of sulfonamides is 1. The molecule has 0 atom stereocenters. The second-order valence-electron chi connectivity index (χ2n) is 4.80. The summed E-state index contributed by atoms with van der Waals surface area (Å²) in [6.45, 7) is 1.98. The molecule has 126 valence electrons. The fourth-order valence-corrected chi connectivity index (χ4v) is 3.80. The standard InChI is InChI=1S/C17H15N5O2S/c1-2-22(15-8-4-3-5-9-15)25(23,24)17-11-7-6-10-16(17)21-20-14(12-18)13-19/h3-11,21H,2H2,1H3. The minimum Gasteiger partial charge on any atom is -0.275 e. The van der Waals surface area contributed by atoms with Gasteiger partial charge in [0.05, 0.1) is 11.4 Å². The van der Waals surface area contributed by atoms with Crippen LogP contribution in [0.3, 0.4) is 0 Å². The van der Waals surface area contributed by atoms with Gasteiger partial charge in [-0.05, 0) is 31.2 Å². The molecule has 2 rings (SSSR count). The van der Waals surface area contributed by atoms with Gasteiger partial charge in [0, 0.05) is 6.54 Å². The first-order valence-corrected chi connectivity index (χ1v) is 8.79. The number of anilines is 2. The number of rotatable bonds is 6. The molecule has 0 aromatic heterocycles. The van der Waals surface area contributed by atoms with Crippen LogP contribution in [0, 0.1) is 22.7 Å². The molecule has 0 bridgehead atoms. The van der Waals surface area contributed by atoms with E-state index in [1.165, 1.54) is 16.4 Å². The Balaban J connectivity index is 2.49. The Labute approximate surface area is 146 Å². The molecule has 25 heavy (non-hydrogen) atoms. The lowest BCUT2D eigenvalue weighted by atomic mass is 10.3. The van der Waals surface area contributed by atoms with Crippen LogP contribution in [-0.2, 0) is 10.0 Å². The first kappa shape index (κ1) is 18.0. The minimum absolute atomic E-state index is 0.000294. The number of para-hydroxylation sites is 2. The van der Waals surface area contributed by atoms with Crippen molar-refractivity contribution in [2.75, 3.05) is 16.3 Å². The van der Waals surface area contributed by atoms with Crippen molar-refractivity contribution in [3.63, 3.8) is 0 Å². The second kappa shape index (κ2) is 7.95. The van der Waals surface area contributed by atoms with Crippen LogP contribution in [0.2, 0.25) is 0 Å². The Morgan fingerprint density at radius 2 is 1.68 bits per heavy atom. The molecule has 2 aromatic carbocycles. The van der Waals surface area contributed by atoms with Gasteiger partial charge < -0.3 is 0 Å². The monoisotopic (exact) mass is 353 g/mol. The highest BCUT2D eigenvalue weighted by Gasteiger charge is 2.26. The van der Waals surface area contributed by atoms with Crippen LogP contribution in [0.15, 0.2) is 64.6 Å². The van der Waals surface area contributed by atoms with Crippen molar-refractivity contribution in [1.29, 1.82) is 10.5 Å². The first-order chi connectivity index (χ1) is 12.0. The molecule has 0 heterocycles. The maximum atomic E-state index is 13.1. The molecular formula is C17H15N5O2S. The molecule has 0 amide bonds. The van der Waals surface area contributed by atoms with E-state index in [0.29, 0.717) is 5.69 Å². The molecule has 8 heteroatoms. The van der Waals surface area contributed by atoms with Crippen molar-refractivity contribution >= 4 is 27.1 Å². The fourth-order valence-electron chi connectivity index (χ4n) is 2.18. The Kier molecular flexibility index (Phi) is 5.72. The average molecular weight is 353 g/mol. The van der Waals surface area contributed by atoms with Crippen molar-refractivity contribution in [2.24, 2.45) is 5.10 Å². The van der Waals surface area contributed by atoms with Gasteiger partial charge in [-0.1, -0.05) is 30.3 Å². The van der Waals surface area contributed by atoms with Crippen LogP contribution in [0.5, 0.6) is 0 Å². The zero-order valence-corrected chi connectivity index (χ0v) is 14.2. The maximum Gasteiger partial charge on any atom is 0.266 e. The summed E-state index contributed by atoms with van der Waals surface area (Å²) in [6.07, 6.45) is 0. The van der Waals surface area contributed by atoms with E-state index in [2.05, 4.69) is 10.5 Å². The molecule has 0 unspecified atom stereocenters. The molecule has 1 N–H and O–H groups in total. The molecule has 0 aliphatic rings. The van der Waals surface area contributed by atoms with Gasteiger partial charge in [-0.15, -0.1) is 0 Å². The van der Waals surface area contributed by atoms with Crippen LogP contribution in [0.1, 0.15) is 6.92 Å². The van der Waals surface area contributed by atoms with Gasteiger partial charge in [0.15, 0.2) is 0 Å². The van der Waals surface area contributed by atoms with Crippen LogP contribution in [0.4, 0.5) is 11.4 Å². The lowest BCUT2D eigenvalue weighted by molar-refractivity contribution is 0.592. The van der Waals surface area contributed by atoms with E-state index < -0.39 is 15.7 Å². The Bertz CT molecular complexity index is 941. The van der Waals surface area contributed by atoms with Crippen LogP contribution in [0.25, 0.3) is 0 Å². The summed E-state index contributed by atoms with van der Waals surface area (Å²) >= 11 is 0. The highest BCUT2D eigenvalue weighted by Crippen LogP contribution is 2.28. The van der Waals surface area contributed by atoms with Crippen molar-refractivity contribution in [3.05, 3.63) is 54.6 Å². The van der Waals surface area contributed by atoms with E-state index in [1.54, 1.807) is 61.5 Å². The van der Waals surface area contributed by atoms with Crippen LogP contribution >= 0.6 is 0 Å². The van der Waals surface area contributed by atoms with Gasteiger partial charge in [0.2, 0.25) is 5.71 Å². The topological polar surface area (TPSA) is 109 Å². The predicted molar refractivity (Wildman–Crippen MR) is 95.4 cm³/mol. The number of hydrogen-bond donors (Lipinski definition) is 1. The molecule has 0 saturated heterocycles. The maximum absolute atomic E-state index is 13.1. The van der Waals surface area contributed by atoms with E-state index in [-0.39, 0.29) is 17.1 Å². The third-order valence-electron chi connectivity index (χ3n) is 3.29. The molecule has 7 nitrogen and oxygen atoms in total. The number of nitrogens with one attached hydrogen (secondary N) is 1. The van der Waals surface area contributed by atoms with E-state index in [9.17, 15) is 8.42 Å². The van der Waals surface area contributed by atoms with Gasteiger partial charge in [-0.3, -0.25) is 9.73 Å². The van der Waals surface area contributed by atoms with E-state index >= 15 is 0 Å². The van der Waals surface area contributed by atoms with Gasteiger partial charge in [-0.25, -0.2) is 8.42 Å². The summed E-state index contributed by atoms with van der Waals surface area (Å²) in [5.74, 6) is 0. The Morgan fingerprint density at radius 3 is 2.28 bits per heavy atom. The first-order valence-electron chi connectivity index (χ1n) is 7.35. The van der Waals surface area contributed by atoms with Gasteiger partial charge in [0.1, 0.15) is 17.0 Å². The minimum atomic E-state index is -3.86. The smallest absolute Gasteiger partial charge is 0.266 e. The normalized spacial score (nSPS) is 10.2. The van der Waals surface area contributed by atoms with Crippen LogP contribution < -0.4 is 9.73 Å². The number of benzene rings is 2. The summed E-state index contributed by atoms with van der Waals surface area (Å²) in [4.78, 5) is -0.000294. The van der Waals surface area contributed by atoms with Crippen molar-refractivity contribution < 1.29 is 8.42 Å². The quantitative estimate of drug-likeness (QED) is 0.634. The molecule has 0 aliphatic heterocycles. The molecule has 0 fully saturated rings.